The minimum Gasteiger partial charge on any atom is -0.370 e. The quantitative estimate of drug-likeness (QED) is 0.0840. The van der Waals surface area contributed by atoms with Crippen LogP contribution in [0.3, 0.4) is 0 Å². The Labute approximate surface area is 260 Å². The highest BCUT2D eigenvalue weighted by Gasteiger charge is 2.55. The van der Waals surface area contributed by atoms with Crippen LogP contribution in [0, 0.1) is 0 Å². The van der Waals surface area contributed by atoms with Gasteiger partial charge in [0, 0.05) is 7.05 Å². The SMILES string of the molecule is CN=C(N)Nc1c(C=O)ncn1C1OC2COP(=O)(O)O[C@@H]3C(COP(=O)(O)O[C@H]2[C@H]1F)OC(n1cnc2c(=O)[nH]c(N)nc21)[C@@H]3F. The second-order valence-corrected chi connectivity index (χ2v) is 13.0. The molecule has 8 N–H and O–H groups in total. The number of carbonyl (C=O) groups is 1. The first-order valence-corrected chi connectivity index (χ1v) is 16.3. The molecule has 26 heteroatoms. The lowest BCUT2D eigenvalue weighted by Gasteiger charge is -2.27. The van der Waals surface area contributed by atoms with Crippen molar-refractivity contribution in [3.05, 3.63) is 28.7 Å². The van der Waals surface area contributed by atoms with Crippen LogP contribution in [0.1, 0.15) is 22.9 Å². The van der Waals surface area contributed by atoms with Gasteiger partial charge in [-0.15, -0.1) is 0 Å². The Kier molecular flexibility index (Phi) is 8.76. The number of hydrogen-bond donors (Lipinski definition) is 6. The third-order valence-corrected chi connectivity index (χ3v) is 9.24. The second-order valence-electron chi connectivity index (χ2n) is 10.2. The number of aliphatic imine (C=N–C) groups is 1. The number of aromatic nitrogens is 6. The first-order chi connectivity index (χ1) is 22.2. The second kappa shape index (κ2) is 12.4. The largest absolute Gasteiger partial charge is 0.472 e. The Balaban J connectivity index is 1.28. The van der Waals surface area contributed by atoms with Gasteiger partial charge in [0.1, 0.15) is 35.9 Å². The van der Waals surface area contributed by atoms with E-state index in [1.165, 1.54) is 7.05 Å². The molecule has 3 aliphatic rings. The number of imidazole rings is 2. The Morgan fingerprint density at radius 3 is 2.17 bits per heavy atom. The maximum Gasteiger partial charge on any atom is 0.472 e. The first kappa shape index (κ1) is 33.2. The summed E-state index contributed by atoms with van der Waals surface area (Å²) in [5.74, 6) is -0.701. The van der Waals surface area contributed by atoms with Gasteiger partial charge in [0.2, 0.25) is 5.95 Å². The predicted molar refractivity (Wildman–Crippen MR) is 150 cm³/mol. The summed E-state index contributed by atoms with van der Waals surface area (Å²) in [4.78, 5) is 62.3. The molecule has 10 atom stereocenters. The molecule has 0 aliphatic carbocycles. The van der Waals surface area contributed by atoms with E-state index < -0.39 is 83.6 Å². The van der Waals surface area contributed by atoms with E-state index in [1.807, 2.05) is 0 Å². The number of alkyl halides is 2. The highest BCUT2D eigenvalue weighted by Crippen LogP contribution is 2.54. The number of rotatable bonds is 4. The fraction of sp³-hybridized carbons (Fsp3) is 0.524. The number of aldehydes is 1. The summed E-state index contributed by atoms with van der Waals surface area (Å²) >= 11 is 0. The highest BCUT2D eigenvalue weighted by atomic mass is 31.2. The van der Waals surface area contributed by atoms with Crippen LogP contribution in [0.15, 0.2) is 22.4 Å². The van der Waals surface area contributed by atoms with Crippen molar-refractivity contribution in [3.63, 3.8) is 0 Å². The van der Waals surface area contributed by atoms with Crippen LogP contribution in [0.4, 0.5) is 20.5 Å². The maximum absolute atomic E-state index is 15.9. The number of halogens is 2. The molecule has 47 heavy (non-hydrogen) atoms. The third-order valence-electron chi connectivity index (χ3n) is 7.27. The summed E-state index contributed by atoms with van der Waals surface area (Å²) in [6.45, 7) is -1.99. The molecule has 0 radical (unpaired) electrons. The number of fused-ring (bicyclic) bond motifs is 3. The standard InChI is InChI=1S/C21H26F2N10O12P2/c1-26-20(24)29-15-7(2-34)27-5-32(15)18-10(22)13-8(42-18)3-40-47(38,39)45-14-9(4-41-46(36,37)44-13)43-19(11(14)23)33-6-28-12-16(33)30-21(25)31-17(12)35/h2,5-6,8-11,13-14,18-19H,3-4H2,1H3,(H,36,37)(H,38,39)(H3,24,26,29)(H3,25,30,31,35)/t8?,9?,10-,11-,13-,14-,18?,19?/m1/s1. The van der Waals surface area contributed by atoms with Crippen molar-refractivity contribution in [2.45, 2.75) is 49.2 Å². The zero-order chi connectivity index (χ0) is 33.8. The molecule has 0 aromatic carbocycles. The summed E-state index contributed by atoms with van der Waals surface area (Å²) in [7, 11) is -9.14. The Morgan fingerprint density at radius 2 is 1.62 bits per heavy atom. The van der Waals surface area contributed by atoms with E-state index >= 15 is 8.78 Å². The minimum absolute atomic E-state index is 0.171. The van der Waals surface area contributed by atoms with Gasteiger partial charge in [-0.1, -0.05) is 0 Å². The van der Waals surface area contributed by atoms with Gasteiger partial charge in [0.15, 0.2) is 48.2 Å². The molecule has 6 unspecified atom stereocenters. The predicted octanol–water partition coefficient (Wildman–Crippen LogP) is -0.744. The Bertz CT molecular complexity index is 1870. The van der Waals surface area contributed by atoms with E-state index in [9.17, 15) is 28.5 Å². The number of nitrogens with one attached hydrogen (secondary N) is 2. The van der Waals surface area contributed by atoms with E-state index in [4.69, 9.17) is 39.0 Å². The number of nitrogens with zero attached hydrogens (tertiary/aromatic N) is 6. The van der Waals surface area contributed by atoms with E-state index in [0.717, 1.165) is 21.8 Å². The number of phosphoric acid groups is 2. The van der Waals surface area contributed by atoms with Crippen LogP contribution < -0.4 is 22.3 Å². The first-order valence-electron chi connectivity index (χ1n) is 13.4. The molecule has 3 aliphatic heterocycles. The molecule has 3 aromatic heterocycles. The van der Waals surface area contributed by atoms with Crippen molar-refractivity contribution >= 4 is 50.8 Å². The van der Waals surface area contributed by atoms with Crippen LogP contribution in [0.25, 0.3) is 11.2 Å². The molecule has 0 amide bonds. The van der Waals surface area contributed by atoms with Crippen LogP contribution in [0.2, 0.25) is 0 Å². The van der Waals surface area contributed by atoms with Crippen LogP contribution in [0.5, 0.6) is 0 Å². The third kappa shape index (κ3) is 6.32. The molecule has 0 bridgehead atoms. The minimum atomic E-state index is -5.23. The van der Waals surface area contributed by atoms with Crippen molar-refractivity contribution < 1.29 is 60.1 Å². The lowest BCUT2D eigenvalue weighted by atomic mass is 10.1. The van der Waals surface area contributed by atoms with E-state index in [1.54, 1.807) is 0 Å². The van der Waals surface area contributed by atoms with Gasteiger partial charge in [0.05, 0.1) is 25.9 Å². The lowest BCUT2D eigenvalue weighted by molar-refractivity contribution is -0.0663. The van der Waals surface area contributed by atoms with Gasteiger partial charge >= 0.3 is 15.6 Å². The van der Waals surface area contributed by atoms with Crippen LogP contribution in [-0.4, -0.2) is 108 Å². The molecule has 3 aromatic rings. The lowest BCUT2D eigenvalue weighted by Crippen LogP contribution is -2.37. The Hall–Kier alpha value is -3.70. The molecule has 3 fully saturated rings. The summed E-state index contributed by atoms with van der Waals surface area (Å²) in [6.07, 6.45) is -13.1. The van der Waals surface area contributed by atoms with E-state index in [-0.39, 0.29) is 34.6 Å². The molecule has 22 nitrogen and oxygen atoms in total. The van der Waals surface area contributed by atoms with Gasteiger partial charge < -0.3 is 36.0 Å². The number of anilines is 2. The molecule has 0 spiro atoms. The zero-order valence-electron chi connectivity index (χ0n) is 23.7. The number of nitrogen functional groups attached to an aromatic ring is 1. The number of nitrogens with two attached hydrogens (primary N) is 2. The molecule has 0 saturated carbocycles. The van der Waals surface area contributed by atoms with Gasteiger partial charge in [-0.05, 0) is 0 Å². The van der Waals surface area contributed by atoms with Gasteiger partial charge in [-0.3, -0.25) is 46.8 Å². The number of H-pyrrole nitrogens is 1. The monoisotopic (exact) mass is 710 g/mol. The van der Waals surface area contributed by atoms with E-state index in [0.29, 0.717) is 6.29 Å². The van der Waals surface area contributed by atoms with Crippen molar-refractivity contribution in [1.29, 1.82) is 0 Å². The van der Waals surface area contributed by atoms with Crippen LogP contribution >= 0.6 is 15.6 Å². The number of carbonyl (C=O) groups excluding carboxylic acids is 1. The molecular formula is C21H26F2N10O12P2. The average Bonchev–Trinajstić information content (AvgIpc) is 3.75. The maximum atomic E-state index is 15.9. The normalized spacial score (nSPS) is 36.7. The fourth-order valence-corrected chi connectivity index (χ4v) is 7.06. The number of guanidine groups is 1. The molecular weight excluding hydrogens is 684 g/mol. The molecule has 6 rings (SSSR count). The summed E-state index contributed by atoms with van der Waals surface area (Å²) in [5.41, 5.74) is 9.83. The van der Waals surface area contributed by atoms with Gasteiger partial charge in [-0.2, -0.15) is 4.98 Å². The van der Waals surface area contributed by atoms with E-state index in [2.05, 4.69) is 30.2 Å². The number of phosphoric ester groups is 2. The fourth-order valence-electron chi connectivity index (χ4n) is 5.15. The summed E-state index contributed by atoms with van der Waals surface area (Å²) in [6, 6.07) is 0. The summed E-state index contributed by atoms with van der Waals surface area (Å²) in [5, 5.41) is 2.55. The van der Waals surface area contributed by atoms with Crippen molar-refractivity contribution in [1.82, 2.24) is 29.1 Å². The number of ether oxygens (including phenoxy) is 2. The molecule has 6 heterocycles. The highest BCUT2D eigenvalue weighted by molar-refractivity contribution is 7.47. The number of aromatic amines is 1. The van der Waals surface area contributed by atoms with Gasteiger partial charge in [-0.25, -0.2) is 27.9 Å². The van der Waals surface area contributed by atoms with Crippen LogP contribution in [-0.2, 0) is 36.7 Å². The topological polar surface area (TPSA) is 305 Å². The average molecular weight is 710 g/mol. The summed E-state index contributed by atoms with van der Waals surface area (Å²) < 4.78 is 91.2. The van der Waals surface area contributed by atoms with Gasteiger partial charge in [0.25, 0.3) is 5.56 Å². The number of hydrogen-bond acceptors (Lipinski definition) is 15. The van der Waals surface area contributed by atoms with Crippen molar-refractivity contribution in [2.24, 2.45) is 10.7 Å². The van der Waals surface area contributed by atoms with Crippen molar-refractivity contribution in [2.75, 3.05) is 31.3 Å². The van der Waals surface area contributed by atoms with Crippen molar-refractivity contribution in [3.8, 4) is 0 Å². The molecule has 3 saturated heterocycles. The molecule has 256 valence electrons. The Morgan fingerprint density at radius 1 is 1.06 bits per heavy atom. The smallest absolute Gasteiger partial charge is 0.370 e. The zero-order valence-corrected chi connectivity index (χ0v) is 25.5.